The zero-order chi connectivity index (χ0) is 14.7. The van der Waals surface area contributed by atoms with E-state index in [0.717, 1.165) is 9.75 Å². The van der Waals surface area contributed by atoms with E-state index in [1.165, 1.54) is 11.3 Å². The summed E-state index contributed by atoms with van der Waals surface area (Å²) in [5.74, 6) is -0.715. The first-order valence-corrected chi connectivity index (χ1v) is 7.67. The number of rotatable bonds is 4. The van der Waals surface area contributed by atoms with Gasteiger partial charge in [-0.3, -0.25) is 14.5 Å². The third kappa shape index (κ3) is 3.19. The van der Waals surface area contributed by atoms with Crippen LogP contribution in [0.25, 0.3) is 0 Å². The maximum Gasteiger partial charge on any atom is 0.320 e. The number of nitrogens with zero attached hydrogens (tertiary/aromatic N) is 2. The van der Waals surface area contributed by atoms with Crippen molar-refractivity contribution < 1.29 is 14.7 Å². The molecule has 1 aromatic rings. The lowest BCUT2D eigenvalue weighted by Gasteiger charge is -2.37. The van der Waals surface area contributed by atoms with Crippen LogP contribution in [0.5, 0.6) is 0 Å². The highest BCUT2D eigenvalue weighted by Crippen LogP contribution is 2.19. The summed E-state index contributed by atoms with van der Waals surface area (Å²) in [6.07, 6.45) is 0.591. The Hall–Kier alpha value is -1.40. The van der Waals surface area contributed by atoms with Crippen LogP contribution in [0, 0.1) is 6.92 Å². The van der Waals surface area contributed by atoms with Gasteiger partial charge in [-0.15, -0.1) is 11.3 Å². The molecule has 0 spiro atoms. The quantitative estimate of drug-likeness (QED) is 0.918. The normalized spacial score (nSPS) is 18.0. The average molecular weight is 296 g/mol. The molecule has 1 N–H and O–H groups in total. The highest BCUT2D eigenvalue weighted by Gasteiger charge is 2.29. The lowest BCUT2D eigenvalue weighted by molar-refractivity contribution is -0.144. The molecule has 1 aromatic heterocycles. The maximum absolute atomic E-state index is 12.3. The first kappa shape index (κ1) is 15.0. The number of hydrogen-bond donors (Lipinski definition) is 1. The van der Waals surface area contributed by atoms with E-state index >= 15 is 0 Å². The van der Waals surface area contributed by atoms with Crippen LogP contribution in [0.4, 0.5) is 0 Å². The van der Waals surface area contributed by atoms with Crippen molar-refractivity contribution in [1.82, 2.24) is 9.80 Å². The standard InChI is InChI=1S/C14H20N2O3S/c1-3-11(14(18)19)15-6-8-16(9-7-15)13(17)12-5-4-10(2)20-12/h4-5,11H,3,6-9H2,1-2H3,(H,18,19). The Kier molecular flexibility index (Phi) is 4.77. The van der Waals surface area contributed by atoms with Crippen molar-refractivity contribution in [2.24, 2.45) is 0 Å². The monoisotopic (exact) mass is 296 g/mol. The lowest BCUT2D eigenvalue weighted by Crippen LogP contribution is -2.53. The fourth-order valence-electron chi connectivity index (χ4n) is 2.53. The van der Waals surface area contributed by atoms with Crippen molar-refractivity contribution in [3.05, 3.63) is 21.9 Å². The number of piperazine rings is 1. The molecule has 1 amide bonds. The van der Waals surface area contributed by atoms with Gasteiger partial charge in [-0.25, -0.2) is 0 Å². The molecule has 5 nitrogen and oxygen atoms in total. The lowest BCUT2D eigenvalue weighted by atomic mass is 10.1. The number of carboxylic acids is 1. The SMILES string of the molecule is CCC(C(=O)O)N1CCN(C(=O)c2ccc(C)s2)CC1. The fraction of sp³-hybridized carbons (Fsp3) is 0.571. The average Bonchev–Trinajstić information content (AvgIpc) is 2.86. The number of amides is 1. The summed E-state index contributed by atoms with van der Waals surface area (Å²) in [6.45, 7) is 6.31. The van der Waals surface area contributed by atoms with E-state index in [2.05, 4.69) is 0 Å². The van der Waals surface area contributed by atoms with E-state index in [1.807, 2.05) is 35.8 Å². The van der Waals surface area contributed by atoms with Gasteiger partial charge in [-0.1, -0.05) is 6.92 Å². The zero-order valence-corrected chi connectivity index (χ0v) is 12.7. The molecule has 1 atom stereocenters. The predicted octanol–water partition coefficient (Wildman–Crippen LogP) is 1.68. The minimum absolute atomic E-state index is 0.0612. The largest absolute Gasteiger partial charge is 0.480 e. The topological polar surface area (TPSA) is 60.9 Å². The van der Waals surface area contributed by atoms with Crippen molar-refractivity contribution in [3.8, 4) is 0 Å². The van der Waals surface area contributed by atoms with Crippen molar-refractivity contribution >= 4 is 23.2 Å². The number of hydrogen-bond acceptors (Lipinski definition) is 4. The summed E-state index contributed by atoms with van der Waals surface area (Å²) in [5.41, 5.74) is 0. The van der Waals surface area contributed by atoms with Crippen LogP contribution >= 0.6 is 11.3 Å². The van der Waals surface area contributed by atoms with Crippen LogP contribution < -0.4 is 0 Å². The number of carboxylic acid groups (broad SMARTS) is 1. The second-order valence-electron chi connectivity index (χ2n) is 5.00. The molecule has 1 saturated heterocycles. The van der Waals surface area contributed by atoms with Gasteiger partial charge in [0.25, 0.3) is 5.91 Å². The number of aliphatic carboxylic acids is 1. The number of thiophene rings is 1. The Morgan fingerprint density at radius 3 is 2.40 bits per heavy atom. The minimum atomic E-state index is -0.777. The fourth-order valence-corrected chi connectivity index (χ4v) is 3.37. The summed E-state index contributed by atoms with van der Waals surface area (Å²) in [6, 6.07) is 3.38. The second kappa shape index (κ2) is 6.37. The molecular weight excluding hydrogens is 276 g/mol. The molecule has 1 fully saturated rings. The zero-order valence-electron chi connectivity index (χ0n) is 11.8. The molecule has 0 aromatic carbocycles. The van der Waals surface area contributed by atoms with Gasteiger partial charge in [0, 0.05) is 31.1 Å². The molecule has 1 aliphatic heterocycles. The van der Waals surface area contributed by atoms with Gasteiger partial charge in [0.2, 0.25) is 0 Å². The molecule has 2 heterocycles. The molecule has 0 radical (unpaired) electrons. The van der Waals surface area contributed by atoms with Gasteiger partial charge in [0.15, 0.2) is 0 Å². The van der Waals surface area contributed by atoms with Gasteiger partial charge in [0.1, 0.15) is 6.04 Å². The van der Waals surface area contributed by atoms with E-state index in [0.29, 0.717) is 32.6 Å². The third-order valence-electron chi connectivity index (χ3n) is 3.67. The predicted molar refractivity (Wildman–Crippen MR) is 78.2 cm³/mol. The Morgan fingerprint density at radius 1 is 1.30 bits per heavy atom. The highest BCUT2D eigenvalue weighted by molar-refractivity contribution is 7.13. The Balaban J connectivity index is 1.94. The molecular formula is C14H20N2O3S. The first-order valence-electron chi connectivity index (χ1n) is 6.85. The van der Waals surface area contributed by atoms with Crippen LogP contribution in [0.3, 0.4) is 0 Å². The first-order chi connectivity index (χ1) is 9.52. The molecule has 20 heavy (non-hydrogen) atoms. The smallest absolute Gasteiger partial charge is 0.320 e. The van der Waals surface area contributed by atoms with Gasteiger partial charge in [-0.2, -0.15) is 0 Å². The van der Waals surface area contributed by atoms with Crippen molar-refractivity contribution in [2.75, 3.05) is 26.2 Å². The van der Waals surface area contributed by atoms with E-state index < -0.39 is 12.0 Å². The van der Waals surface area contributed by atoms with Gasteiger partial charge >= 0.3 is 5.97 Å². The second-order valence-corrected chi connectivity index (χ2v) is 6.29. The Labute approximate surface area is 122 Å². The van der Waals surface area contributed by atoms with Crippen molar-refractivity contribution in [3.63, 3.8) is 0 Å². The van der Waals surface area contributed by atoms with Crippen LogP contribution in [0.2, 0.25) is 0 Å². The summed E-state index contributed by atoms with van der Waals surface area (Å²) < 4.78 is 0. The molecule has 1 unspecified atom stereocenters. The van der Waals surface area contributed by atoms with Crippen LogP contribution in [-0.2, 0) is 4.79 Å². The van der Waals surface area contributed by atoms with E-state index in [9.17, 15) is 9.59 Å². The van der Waals surface area contributed by atoms with Crippen molar-refractivity contribution in [1.29, 1.82) is 0 Å². The van der Waals surface area contributed by atoms with E-state index in [4.69, 9.17) is 5.11 Å². The summed E-state index contributed by atoms with van der Waals surface area (Å²) in [7, 11) is 0. The molecule has 0 saturated carbocycles. The van der Waals surface area contributed by atoms with E-state index in [1.54, 1.807) is 0 Å². The van der Waals surface area contributed by atoms with Gasteiger partial charge in [-0.05, 0) is 25.5 Å². The van der Waals surface area contributed by atoms with Gasteiger partial charge in [0.05, 0.1) is 4.88 Å². The van der Waals surface area contributed by atoms with Gasteiger partial charge < -0.3 is 10.0 Å². The third-order valence-corrected chi connectivity index (χ3v) is 4.65. The van der Waals surface area contributed by atoms with Crippen molar-refractivity contribution in [2.45, 2.75) is 26.3 Å². The van der Waals surface area contributed by atoms with E-state index in [-0.39, 0.29) is 5.91 Å². The molecule has 2 rings (SSSR count). The van der Waals surface area contributed by atoms with Crippen LogP contribution in [0.1, 0.15) is 27.9 Å². The Morgan fingerprint density at radius 2 is 1.95 bits per heavy atom. The number of aryl methyl sites for hydroxylation is 1. The molecule has 110 valence electrons. The summed E-state index contributed by atoms with van der Waals surface area (Å²) in [4.78, 5) is 29.1. The number of carbonyl (C=O) groups excluding carboxylic acids is 1. The number of carbonyl (C=O) groups is 2. The molecule has 0 aliphatic carbocycles. The molecule has 0 bridgehead atoms. The minimum Gasteiger partial charge on any atom is -0.480 e. The summed E-state index contributed by atoms with van der Waals surface area (Å²) in [5, 5.41) is 9.16. The Bertz CT molecular complexity index is 492. The molecule has 6 heteroatoms. The maximum atomic E-state index is 12.3. The highest BCUT2D eigenvalue weighted by atomic mass is 32.1. The summed E-state index contributed by atoms with van der Waals surface area (Å²) >= 11 is 1.51. The van der Waals surface area contributed by atoms with Crippen LogP contribution in [0.15, 0.2) is 12.1 Å². The molecule has 1 aliphatic rings. The van der Waals surface area contributed by atoms with Crippen LogP contribution in [-0.4, -0.2) is 59.0 Å².